The van der Waals surface area contributed by atoms with Crippen molar-refractivity contribution in [1.82, 2.24) is 14.9 Å². The third-order valence-electron chi connectivity index (χ3n) is 4.52. The van der Waals surface area contributed by atoms with Crippen LogP contribution in [0.2, 0.25) is 0 Å². The van der Waals surface area contributed by atoms with Gasteiger partial charge in [-0.15, -0.1) is 0 Å². The SMILES string of the molecule is CC[C@@](C)(NC(=O)Cn1c(C2CC2)nc2ccccc21)C(=O)O. The number of aromatic nitrogens is 2. The second kappa shape index (κ2) is 5.68. The fourth-order valence-corrected chi connectivity index (χ4v) is 2.70. The summed E-state index contributed by atoms with van der Waals surface area (Å²) in [6.07, 6.45) is 2.51. The molecular formula is C17H21N3O3. The first-order valence-electron chi connectivity index (χ1n) is 7.94. The van der Waals surface area contributed by atoms with Crippen LogP contribution in [-0.2, 0) is 16.1 Å². The van der Waals surface area contributed by atoms with Crippen LogP contribution in [0.3, 0.4) is 0 Å². The average molecular weight is 315 g/mol. The molecular weight excluding hydrogens is 294 g/mol. The van der Waals surface area contributed by atoms with Gasteiger partial charge in [-0.25, -0.2) is 9.78 Å². The van der Waals surface area contributed by atoms with E-state index in [1.54, 1.807) is 6.92 Å². The lowest BCUT2D eigenvalue weighted by Crippen LogP contribution is -2.52. The molecule has 1 saturated carbocycles. The third kappa shape index (κ3) is 2.93. The molecule has 6 heteroatoms. The van der Waals surface area contributed by atoms with Gasteiger partial charge >= 0.3 is 5.97 Å². The largest absolute Gasteiger partial charge is 0.480 e. The standard InChI is InChI=1S/C17H21N3O3/c1-3-17(2,16(22)23)19-14(21)10-20-13-7-5-4-6-12(13)18-15(20)11-8-9-11/h4-7,11H,3,8-10H2,1-2H3,(H,19,21)(H,22,23)/t17-/m1/s1. The highest BCUT2D eigenvalue weighted by Crippen LogP contribution is 2.40. The van der Waals surface area contributed by atoms with E-state index in [4.69, 9.17) is 0 Å². The minimum absolute atomic E-state index is 0.0925. The molecule has 3 rings (SSSR count). The summed E-state index contributed by atoms with van der Waals surface area (Å²) in [5.74, 6) is 0.00941. The first kappa shape index (κ1) is 15.5. The summed E-state index contributed by atoms with van der Waals surface area (Å²) in [4.78, 5) is 28.4. The molecule has 6 nitrogen and oxygen atoms in total. The second-order valence-corrected chi connectivity index (χ2v) is 6.36. The smallest absolute Gasteiger partial charge is 0.329 e. The monoisotopic (exact) mass is 315 g/mol. The van der Waals surface area contributed by atoms with E-state index < -0.39 is 11.5 Å². The molecule has 23 heavy (non-hydrogen) atoms. The van der Waals surface area contributed by atoms with Crippen LogP contribution in [-0.4, -0.2) is 32.1 Å². The summed E-state index contributed by atoms with van der Waals surface area (Å²) < 4.78 is 1.92. The lowest BCUT2D eigenvalue weighted by atomic mass is 9.99. The molecule has 1 atom stereocenters. The quantitative estimate of drug-likeness (QED) is 0.856. The van der Waals surface area contributed by atoms with Gasteiger partial charge in [-0.05, 0) is 38.3 Å². The molecule has 0 saturated heterocycles. The van der Waals surface area contributed by atoms with Crippen LogP contribution >= 0.6 is 0 Å². The van der Waals surface area contributed by atoms with Crippen LogP contribution in [0.1, 0.15) is 44.9 Å². The zero-order valence-electron chi connectivity index (χ0n) is 13.4. The van der Waals surface area contributed by atoms with Gasteiger partial charge in [0, 0.05) is 5.92 Å². The number of amides is 1. The summed E-state index contributed by atoms with van der Waals surface area (Å²) in [6.45, 7) is 3.37. The number of hydrogen-bond acceptors (Lipinski definition) is 3. The number of imidazole rings is 1. The fraction of sp³-hybridized carbons (Fsp3) is 0.471. The summed E-state index contributed by atoms with van der Waals surface area (Å²) in [6, 6.07) is 7.72. The van der Waals surface area contributed by atoms with E-state index in [2.05, 4.69) is 10.3 Å². The minimum atomic E-state index is -1.24. The first-order valence-corrected chi connectivity index (χ1v) is 7.94. The molecule has 1 aromatic carbocycles. The molecule has 1 aliphatic rings. The minimum Gasteiger partial charge on any atom is -0.480 e. The van der Waals surface area contributed by atoms with Crippen molar-refractivity contribution >= 4 is 22.9 Å². The van der Waals surface area contributed by atoms with Crippen LogP contribution in [0.4, 0.5) is 0 Å². The van der Waals surface area contributed by atoms with Gasteiger partial charge in [-0.1, -0.05) is 19.1 Å². The Balaban J connectivity index is 1.87. The zero-order valence-corrected chi connectivity index (χ0v) is 13.4. The van der Waals surface area contributed by atoms with Gasteiger partial charge in [-0.3, -0.25) is 4.79 Å². The maximum atomic E-state index is 12.4. The lowest BCUT2D eigenvalue weighted by Gasteiger charge is -2.25. The number of benzene rings is 1. The van der Waals surface area contributed by atoms with Gasteiger partial charge < -0.3 is 15.0 Å². The number of nitrogens with one attached hydrogen (secondary N) is 1. The molecule has 1 aliphatic carbocycles. The maximum Gasteiger partial charge on any atom is 0.329 e. The Hall–Kier alpha value is -2.37. The Morgan fingerprint density at radius 1 is 1.39 bits per heavy atom. The highest BCUT2D eigenvalue weighted by Gasteiger charge is 2.34. The summed E-state index contributed by atoms with van der Waals surface area (Å²) in [5, 5.41) is 11.9. The van der Waals surface area contributed by atoms with E-state index >= 15 is 0 Å². The van der Waals surface area contributed by atoms with Crippen LogP contribution < -0.4 is 5.32 Å². The molecule has 0 bridgehead atoms. The molecule has 1 fully saturated rings. The van der Waals surface area contributed by atoms with E-state index in [9.17, 15) is 14.7 Å². The van der Waals surface area contributed by atoms with Crippen molar-refractivity contribution in [1.29, 1.82) is 0 Å². The van der Waals surface area contributed by atoms with Crippen molar-refractivity contribution in [2.24, 2.45) is 0 Å². The van der Waals surface area contributed by atoms with Crippen LogP contribution in [0.25, 0.3) is 11.0 Å². The molecule has 1 heterocycles. The Kier molecular flexibility index (Phi) is 3.83. The number of carbonyl (C=O) groups excluding carboxylic acids is 1. The fourth-order valence-electron chi connectivity index (χ4n) is 2.70. The van der Waals surface area contributed by atoms with Gasteiger partial charge in [0.1, 0.15) is 17.9 Å². The highest BCUT2D eigenvalue weighted by atomic mass is 16.4. The number of carboxylic acids is 1. The topological polar surface area (TPSA) is 84.2 Å². The van der Waals surface area contributed by atoms with Gasteiger partial charge in [0.2, 0.25) is 5.91 Å². The van der Waals surface area contributed by atoms with Crippen molar-refractivity contribution in [3.8, 4) is 0 Å². The Morgan fingerprint density at radius 3 is 2.70 bits per heavy atom. The van der Waals surface area contributed by atoms with E-state index in [0.29, 0.717) is 12.3 Å². The number of rotatable bonds is 6. The molecule has 0 radical (unpaired) electrons. The van der Waals surface area contributed by atoms with Crippen molar-refractivity contribution in [2.75, 3.05) is 0 Å². The summed E-state index contributed by atoms with van der Waals surface area (Å²) in [5.41, 5.74) is 0.546. The maximum absolute atomic E-state index is 12.4. The summed E-state index contributed by atoms with van der Waals surface area (Å²) in [7, 11) is 0. The molecule has 122 valence electrons. The van der Waals surface area contributed by atoms with Crippen molar-refractivity contribution < 1.29 is 14.7 Å². The Labute approximate surface area is 134 Å². The first-order chi connectivity index (χ1) is 10.9. The Morgan fingerprint density at radius 2 is 2.09 bits per heavy atom. The number of nitrogens with zero attached hydrogens (tertiary/aromatic N) is 2. The number of fused-ring (bicyclic) bond motifs is 1. The van der Waals surface area contributed by atoms with E-state index in [-0.39, 0.29) is 12.5 Å². The van der Waals surface area contributed by atoms with Crippen LogP contribution in [0, 0.1) is 0 Å². The van der Waals surface area contributed by atoms with E-state index in [0.717, 1.165) is 29.7 Å². The lowest BCUT2D eigenvalue weighted by molar-refractivity contribution is -0.147. The number of aliphatic carboxylic acids is 1. The number of hydrogen-bond donors (Lipinski definition) is 2. The van der Waals surface area contributed by atoms with Crippen molar-refractivity contribution in [2.45, 2.75) is 51.1 Å². The Bertz CT molecular complexity index is 764. The number of para-hydroxylation sites is 2. The molecule has 0 spiro atoms. The third-order valence-corrected chi connectivity index (χ3v) is 4.52. The molecule has 2 N–H and O–H groups in total. The highest BCUT2D eigenvalue weighted by molar-refractivity contribution is 5.87. The van der Waals surface area contributed by atoms with Gasteiger partial charge in [0.05, 0.1) is 11.0 Å². The molecule has 0 aliphatic heterocycles. The predicted molar refractivity (Wildman–Crippen MR) is 86.2 cm³/mol. The van der Waals surface area contributed by atoms with Crippen molar-refractivity contribution in [3.05, 3.63) is 30.1 Å². The zero-order chi connectivity index (χ0) is 16.6. The number of carbonyl (C=O) groups is 2. The second-order valence-electron chi connectivity index (χ2n) is 6.36. The molecule has 0 unspecified atom stereocenters. The van der Waals surface area contributed by atoms with E-state index in [1.807, 2.05) is 28.8 Å². The van der Waals surface area contributed by atoms with Crippen LogP contribution in [0.15, 0.2) is 24.3 Å². The van der Waals surface area contributed by atoms with Gasteiger partial charge in [0.25, 0.3) is 0 Å². The van der Waals surface area contributed by atoms with Crippen LogP contribution in [0.5, 0.6) is 0 Å². The average Bonchev–Trinajstić information content (AvgIpc) is 3.30. The van der Waals surface area contributed by atoms with Gasteiger partial charge in [-0.2, -0.15) is 0 Å². The molecule has 1 aromatic heterocycles. The predicted octanol–water partition coefficient (Wildman–Crippen LogP) is 2.28. The van der Waals surface area contributed by atoms with E-state index in [1.165, 1.54) is 6.92 Å². The molecule has 2 aromatic rings. The molecule has 1 amide bonds. The summed E-state index contributed by atoms with van der Waals surface area (Å²) >= 11 is 0. The number of carboxylic acid groups (broad SMARTS) is 1. The van der Waals surface area contributed by atoms with Crippen molar-refractivity contribution in [3.63, 3.8) is 0 Å². The van der Waals surface area contributed by atoms with Gasteiger partial charge in [0.15, 0.2) is 0 Å². The normalized spacial score (nSPS) is 17.0.